The van der Waals surface area contributed by atoms with Crippen LogP contribution in [-0.4, -0.2) is 25.7 Å². The Morgan fingerprint density at radius 2 is 2.19 bits per heavy atom. The molecule has 0 saturated heterocycles. The van der Waals surface area contributed by atoms with Crippen molar-refractivity contribution in [3.8, 4) is 5.75 Å². The Labute approximate surface area is 130 Å². The van der Waals surface area contributed by atoms with Gasteiger partial charge in [-0.2, -0.15) is 0 Å². The lowest BCUT2D eigenvalue weighted by molar-refractivity contribution is -0.143. The van der Waals surface area contributed by atoms with Crippen LogP contribution in [0.4, 0.5) is 5.69 Å². The van der Waals surface area contributed by atoms with Gasteiger partial charge in [0.1, 0.15) is 11.4 Å². The van der Waals surface area contributed by atoms with E-state index >= 15 is 0 Å². The standard InChI is InChI=1S/C16H22ClNO3/c1-11-5-4-8-16(10-11,21-3)15(19)18-12-6-7-14(20-2)13(17)9-12/h6-7,9,11H,4-5,8,10H2,1-3H3,(H,18,19)/t11-,16-/m1/s1. The fraction of sp³-hybridized carbons (Fsp3) is 0.562. The maximum absolute atomic E-state index is 12.6. The van der Waals surface area contributed by atoms with E-state index < -0.39 is 5.60 Å². The van der Waals surface area contributed by atoms with E-state index in [9.17, 15) is 4.79 Å². The van der Waals surface area contributed by atoms with Gasteiger partial charge >= 0.3 is 0 Å². The largest absolute Gasteiger partial charge is 0.495 e. The summed E-state index contributed by atoms with van der Waals surface area (Å²) in [5.41, 5.74) is -0.0789. The number of rotatable bonds is 4. The molecule has 0 heterocycles. The summed E-state index contributed by atoms with van der Waals surface area (Å²) < 4.78 is 10.7. The summed E-state index contributed by atoms with van der Waals surface area (Å²) in [6, 6.07) is 5.20. The van der Waals surface area contributed by atoms with E-state index in [4.69, 9.17) is 21.1 Å². The number of hydrogen-bond donors (Lipinski definition) is 1. The molecule has 1 fully saturated rings. The van der Waals surface area contributed by atoms with E-state index in [-0.39, 0.29) is 5.91 Å². The lowest BCUT2D eigenvalue weighted by atomic mass is 9.78. The zero-order valence-corrected chi connectivity index (χ0v) is 13.5. The van der Waals surface area contributed by atoms with Crippen molar-refractivity contribution in [2.24, 2.45) is 5.92 Å². The first-order valence-corrected chi connectivity index (χ1v) is 7.58. The molecule has 0 radical (unpaired) electrons. The number of carbonyl (C=O) groups is 1. The number of benzene rings is 1. The van der Waals surface area contributed by atoms with Crippen LogP contribution >= 0.6 is 11.6 Å². The number of nitrogens with one attached hydrogen (secondary N) is 1. The molecule has 0 bridgehead atoms. The van der Waals surface area contributed by atoms with Crippen LogP contribution in [0.1, 0.15) is 32.6 Å². The van der Waals surface area contributed by atoms with E-state index in [1.165, 1.54) is 0 Å². The van der Waals surface area contributed by atoms with Gasteiger partial charge in [0.15, 0.2) is 0 Å². The zero-order valence-electron chi connectivity index (χ0n) is 12.7. The number of halogens is 1. The van der Waals surface area contributed by atoms with Crippen LogP contribution in [0.2, 0.25) is 5.02 Å². The second kappa shape index (κ2) is 6.67. The molecule has 0 unspecified atom stereocenters. The quantitative estimate of drug-likeness (QED) is 0.918. The average molecular weight is 312 g/mol. The first-order valence-electron chi connectivity index (χ1n) is 7.21. The summed E-state index contributed by atoms with van der Waals surface area (Å²) in [7, 11) is 3.17. The third-order valence-corrected chi connectivity index (χ3v) is 4.47. The highest BCUT2D eigenvalue weighted by atomic mass is 35.5. The lowest BCUT2D eigenvalue weighted by Gasteiger charge is -2.37. The van der Waals surface area contributed by atoms with Gasteiger partial charge in [-0.15, -0.1) is 0 Å². The van der Waals surface area contributed by atoms with E-state index in [1.54, 1.807) is 32.4 Å². The Balaban J connectivity index is 2.14. The SMILES string of the molecule is COc1ccc(NC(=O)[C@@]2(OC)CCC[C@@H](C)C2)cc1Cl. The van der Waals surface area contributed by atoms with E-state index in [2.05, 4.69) is 12.2 Å². The monoisotopic (exact) mass is 311 g/mol. The average Bonchev–Trinajstić information content (AvgIpc) is 2.47. The van der Waals surface area contributed by atoms with Crippen molar-refractivity contribution in [2.45, 2.75) is 38.2 Å². The number of ether oxygens (including phenoxy) is 2. The number of amides is 1. The highest BCUT2D eigenvalue weighted by Crippen LogP contribution is 2.36. The molecule has 1 aliphatic carbocycles. The zero-order chi connectivity index (χ0) is 15.5. The molecule has 5 heteroatoms. The van der Waals surface area contributed by atoms with Gasteiger partial charge in [-0.3, -0.25) is 4.79 Å². The van der Waals surface area contributed by atoms with Crippen LogP contribution in [0.15, 0.2) is 18.2 Å². The summed E-state index contributed by atoms with van der Waals surface area (Å²) in [6.07, 6.45) is 3.65. The molecular formula is C16H22ClNO3. The molecule has 1 amide bonds. The van der Waals surface area contributed by atoms with Crippen molar-refractivity contribution in [3.63, 3.8) is 0 Å². The number of carbonyl (C=O) groups excluding carboxylic acids is 1. The van der Waals surface area contributed by atoms with Crippen molar-refractivity contribution in [1.82, 2.24) is 0 Å². The number of anilines is 1. The van der Waals surface area contributed by atoms with Crippen molar-refractivity contribution < 1.29 is 14.3 Å². The van der Waals surface area contributed by atoms with Crippen LogP contribution in [0.5, 0.6) is 5.75 Å². The smallest absolute Gasteiger partial charge is 0.256 e. The van der Waals surface area contributed by atoms with Gasteiger partial charge in [0.05, 0.1) is 12.1 Å². The molecule has 1 N–H and O–H groups in total. The minimum atomic E-state index is -0.732. The van der Waals surface area contributed by atoms with Gasteiger partial charge in [0, 0.05) is 12.8 Å². The van der Waals surface area contributed by atoms with Gasteiger partial charge in [0.2, 0.25) is 0 Å². The predicted octanol–water partition coefficient (Wildman–Crippen LogP) is 3.88. The molecule has 1 saturated carbocycles. The van der Waals surface area contributed by atoms with Gasteiger partial charge in [-0.05, 0) is 43.4 Å². The third-order valence-electron chi connectivity index (χ3n) is 4.17. The second-order valence-electron chi connectivity index (χ2n) is 5.70. The molecule has 1 aromatic rings. The van der Waals surface area contributed by atoms with Gasteiger partial charge in [-0.25, -0.2) is 0 Å². The first-order chi connectivity index (χ1) is 10.0. The highest BCUT2D eigenvalue weighted by molar-refractivity contribution is 6.32. The molecule has 0 spiro atoms. The predicted molar refractivity (Wildman–Crippen MR) is 84.0 cm³/mol. The maximum Gasteiger partial charge on any atom is 0.256 e. The molecule has 0 aromatic heterocycles. The topological polar surface area (TPSA) is 47.6 Å². The number of methoxy groups -OCH3 is 2. The van der Waals surface area contributed by atoms with Crippen LogP contribution in [-0.2, 0) is 9.53 Å². The fourth-order valence-corrected chi connectivity index (χ4v) is 3.23. The Bertz CT molecular complexity index is 520. The summed E-state index contributed by atoms with van der Waals surface area (Å²) in [6.45, 7) is 2.16. The van der Waals surface area contributed by atoms with Gasteiger partial charge in [0.25, 0.3) is 5.91 Å². The van der Waals surface area contributed by atoms with Gasteiger partial charge < -0.3 is 14.8 Å². The Morgan fingerprint density at radius 1 is 1.43 bits per heavy atom. The third kappa shape index (κ3) is 3.50. The molecule has 1 aromatic carbocycles. The summed E-state index contributed by atoms with van der Waals surface area (Å²) >= 11 is 6.08. The summed E-state index contributed by atoms with van der Waals surface area (Å²) in [5.74, 6) is 0.976. The van der Waals surface area contributed by atoms with E-state index in [0.29, 0.717) is 22.4 Å². The maximum atomic E-state index is 12.6. The second-order valence-corrected chi connectivity index (χ2v) is 6.11. The Hall–Kier alpha value is -1.26. The molecule has 0 aliphatic heterocycles. The summed E-state index contributed by atoms with van der Waals surface area (Å²) in [4.78, 5) is 12.6. The minimum Gasteiger partial charge on any atom is -0.495 e. The minimum absolute atomic E-state index is 0.0993. The summed E-state index contributed by atoms with van der Waals surface area (Å²) in [5, 5.41) is 3.38. The van der Waals surface area contributed by atoms with Crippen molar-refractivity contribution in [2.75, 3.05) is 19.5 Å². The molecule has 21 heavy (non-hydrogen) atoms. The first kappa shape index (κ1) is 16.1. The van der Waals surface area contributed by atoms with E-state index in [0.717, 1.165) is 25.7 Å². The fourth-order valence-electron chi connectivity index (χ4n) is 2.98. The lowest BCUT2D eigenvalue weighted by Crippen LogP contribution is -2.47. The van der Waals surface area contributed by atoms with Crippen molar-refractivity contribution in [3.05, 3.63) is 23.2 Å². The van der Waals surface area contributed by atoms with Crippen molar-refractivity contribution in [1.29, 1.82) is 0 Å². The molecule has 2 rings (SSSR count). The molecule has 4 nitrogen and oxygen atoms in total. The van der Waals surface area contributed by atoms with Crippen LogP contribution in [0.3, 0.4) is 0 Å². The Morgan fingerprint density at radius 3 is 2.76 bits per heavy atom. The molecular weight excluding hydrogens is 290 g/mol. The van der Waals surface area contributed by atoms with Gasteiger partial charge in [-0.1, -0.05) is 24.9 Å². The number of hydrogen-bond acceptors (Lipinski definition) is 3. The van der Waals surface area contributed by atoms with E-state index in [1.807, 2.05) is 0 Å². The van der Waals surface area contributed by atoms with Crippen LogP contribution in [0, 0.1) is 5.92 Å². The molecule has 116 valence electrons. The molecule has 1 aliphatic rings. The highest BCUT2D eigenvalue weighted by Gasteiger charge is 2.42. The van der Waals surface area contributed by atoms with Crippen molar-refractivity contribution >= 4 is 23.2 Å². The normalized spacial score (nSPS) is 25.4. The van der Waals surface area contributed by atoms with Crippen LogP contribution in [0.25, 0.3) is 0 Å². The van der Waals surface area contributed by atoms with Crippen LogP contribution < -0.4 is 10.1 Å². The Kier molecular flexibility index (Phi) is 5.12. The molecule has 2 atom stereocenters.